The highest BCUT2D eigenvalue weighted by Gasteiger charge is 2.17. The van der Waals surface area contributed by atoms with E-state index >= 15 is 0 Å². The fourth-order valence-corrected chi connectivity index (χ4v) is 2.73. The van der Waals surface area contributed by atoms with Gasteiger partial charge in [0.25, 0.3) is 0 Å². The van der Waals surface area contributed by atoms with Crippen LogP contribution in [0.25, 0.3) is 11.2 Å². The average molecular weight is 353 g/mol. The number of anilines is 2. The van der Waals surface area contributed by atoms with Gasteiger partial charge in [0, 0.05) is 17.8 Å². The van der Waals surface area contributed by atoms with Crippen LogP contribution in [0.1, 0.15) is 18.5 Å². The molecule has 4 heterocycles. The summed E-state index contributed by atoms with van der Waals surface area (Å²) in [5.41, 5.74) is 1.82. The Morgan fingerprint density at radius 3 is 2.88 bits per heavy atom. The fraction of sp³-hybridized carbons (Fsp3) is 0.176. The van der Waals surface area contributed by atoms with Gasteiger partial charge in [0.1, 0.15) is 11.3 Å². The molecular weight excluding hydrogens is 337 g/mol. The number of aromatic amines is 1. The molecule has 1 atom stereocenters. The van der Waals surface area contributed by atoms with Crippen LogP contribution in [0.3, 0.4) is 0 Å². The van der Waals surface area contributed by atoms with Gasteiger partial charge in [0.2, 0.25) is 11.8 Å². The van der Waals surface area contributed by atoms with Gasteiger partial charge in [0.05, 0.1) is 19.5 Å². The molecule has 0 saturated carbocycles. The maximum Gasteiger partial charge on any atom is 0.218 e. The highest BCUT2D eigenvalue weighted by molar-refractivity contribution is 5.74. The SMILES string of the molecule is COc1cc(Nc2ccc3ncn([C@@H](C)c4cccnc4F)c3n2)n[nH]1. The summed E-state index contributed by atoms with van der Waals surface area (Å²) < 4.78 is 20.9. The first-order valence-electron chi connectivity index (χ1n) is 7.96. The molecule has 4 aromatic heterocycles. The van der Waals surface area contributed by atoms with Gasteiger partial charge in [-0.2, -0.15) is 9.49 Å². The predicted molar refractivity (Wildman–Crippen MR) is 94.0 cm³/mol. The Morgan fingerprint density at radius 2 is 2.12 bits per heavy atom. The molecule has 2 N–H and O–H groups in total. The molecule has 0 saturated heterocycles. The second kappa shape index (κ2) is 6.43. The number of fused-ring (bicyclic) bond motifs is 1. The molecule has 0 aliphatic rings. The summed E-state index contributed by atoms with van der Waals surface area (Å²) in [5.74, 6) is 1.21. The van der Waals surface area contributed by atoms with Crippen molar-refractivity contribution in [1.29, 1.82) is 0 Å². The number of nitrogens with zero attached hydrogens (tertiary/aromatic N) is 5. The van der Waals surface area contributed by atoms with Crippen LogP contribution in [0.5, 0.6) is 5.88 Å². The lowest BCUT2D eigenvalue weighted by molar-refractivity contribution is 0.397. The van der Waals surface area contributed by atoms with Gasteiger partial charge < -0.3 is 14.6 Å². The molecular formula is C17H16FN7O. The average Bonchev–Trinajstić information content (AvgIpc) is 3.28. The number of methoxy groups -OCH3 is 1. The molecule has 8 nitrogen and oxygen atoms in total. The van der Waals surface area contributed by atoms with Gasteiger partial charge in [0.15, 0.2) is 11.5 Å². The van der Waals surface area contributed by atoms with Crippen molar-refractivity contribution in [2.45, 2.75) is 13.0 Å². The van der Waals surface area contributed by atoms with Crippen molar-refractivity contribution >= 4 is 22.8 Å². The summed E-state index contributed by atoms with van der Waals surface area (Å²) in [4.78, 5) is 12.7. The lowest BCUT2D eigenvalue weighted by Gasteiger charge is -2.14. The zero-order valence-electron chi connectivity index (χ0n) is 14.1. The minimum atomic E-state index is -0.500. The summed E-state index contributed by atoms with van der Waals surface area (Å²) in [6.07, 6.45) is 3.08. The lowest BCUT2D eigenvalue weighted by Crippen LogP contribution is -2.09. The number of nitrogens with one attached hydrogen (secondary N) is 2. The van der Waals surface area contributed by atoms with Crippen LogP contribution in [0.2, 0.25) is 0 Å². The van der Waals surface area contributed by atoms with Crippen molar-refractivity contribution in [2.75, 3.05) is 12.4 Å². The van der Waals surface area contributed by atoms with Gasteiger partial charge in [-0.3, -0.25) is 0 Å². The smallest absolute Gasteiger partial charge is 0.218 e. The quantitative estimate of drug-likeness (QED) is 0.536. The topological polar surface area (TPSA) is 93.5 Å². The van der Waals surface area contributed by atoms with Crippen molar-refractivity contribution in [1.82, 2.24) is 29.7 Å². The van der Waals surface area contributed by atoms with Crippen LogP contribution in [0.4, 0.5) is 16.0 Å². The van der Waals surface area contributed by atoms with E-state index in [0.717, 1.165) is 0 Å². The normalized spacial score (nSPS) is 12.3. The minimum Gasteiger partial charge on any atom is -0.481 e. The Morgan fingerprint density at radius 1 is 1.23 bits per heavy atom. The van der Waals surface area contributed by atoms with E-state index in [4.69, 9.17) is 4.74 Å². The monoisotopic (exact) mass is 353 g/mol. The van der Waals surface area contributed by atoms with E-state index in [1.54, 1.807) is 37.7 Å². The minimum absolute atomic E-state index is 0.304. The number of aromatic nitrogens is 6. The first-order chi connectivity index (χ1) is 12.7. The summed E-state index contributed by atoms with van der Waals surface area (Å²) >= 11 is 0. The molecule has 0 amide bonds. The summed E-state index contributed by atoms with van der Waals surface area (Å²) in [6, 6.07) is 8.47. The number of pyridine rings is 2. The number of hydrogen-bond acceptors (Lipinski definition) is 6. The molecule has 0 bridgehead atoms. The third kappa shape index (κ3) is 2.83. The summed E-state index contributed by atoms with van der Waals surface area (Å²) in [7, 11) is 1.55. The zero-order valence-corrected chi connectivity index (χ0v) is 14.1. The fourth-order valence-electron chi connectivity index (χ4n) is 2.73. The number of halogens is 1. The predicted octanol–water partition coefficient (Wildman–Crippen LogP) is 3.05. The Hall–Kier alpha value is -3.49. The van der Waals surface area contributed by atoms with E-state index in [9.17, 15) is 4.39 Å². The second-order valence-electron chi connectivity index (χ2n) is 5.70. The maximum atomic E-state index is 14.0. The van der Waals surface area contributed by atoms with Gasteiger partial charge in [-0.05, 0) is 25.1 Å². The largest absolute Gasteiger partial charge is 0.481 e. The number of hydrogen-bond donors (Lipinski definition) is 2. The summed E-state index contributed by atoms with van der Waals surface area (Å²) in [6.45, 7) is 1.88. The van der Waals surface area contributed by atoms with Crippen LogP contribution >= 0.6 is 0 Å². The van der Waals surface area contributed by atoms with Crippen LogP contribution in [-0.4, -0.2) is 36.8 Å². The van der Waals surface area contributed by atoms with Gasteiger partial charge in [-0.15, -0.1) is 0 Å². The highest BCUT2D eigenvalue weighted by atomic mass is 19.1. The van der Waals surface area contributed by atoms with Crippen molar-refractivity contribution < 1.29 is 9.13 Å². The first kappa shape index (κ1) is 16.0. The van der Waals surface area contributed by atoms with E-state index in [1.807, 2.05) is 17.6 Å². The van der Waals surface area contributed by atoms with Crippen molar-refractivity contribution in [3.63, 3.8) is 0 Å². The molecule has 0 aliphatic carbocycles. The number of rotatable bonds is 5. The van der Waals surface area contributed by atoms with E-state index in [2.05, 4.69) is 30.5 Å². The van der Waals surface area contributed by atoms with Crippen molar-refractivity contribution in [3.8, 4) is 5.88 Å². The van der Waals surface area contributed by atoms with E-state index in [1.165, 1.54) is 6.20 Å². The third-order valence-corrected chi connectivity index (χ3v) is 4.11. The van der Waals surface area contributed by atoms with Crippen LogP contribution < -0.4 is 10.1 Å². The maximum absolute atomic E-state index is 14.0. The Bertz CT molecular complexity index is 1060. The van der Waals surface area contributed by atoms with Crippen LogP contribution in [0, 0.1) is 5.95 Å². The molecule has 0 unspecified atom stereocenters. The van der Waals surface area contributed by atoms with Crippen LogP contribution in [0.15, 0.2) is 42.9 Å². The third-order valence-electron chi connectivity index (χ3n) is 4.11. The van der Waals surface area contributed by atoms with Gasteiger partial charge >= 0.3 is 0 Å². The number of H-pyrrole nitrogens is 1. The molecule has 0 fully saturated rings. The Kier molecular flexibility index (Phi) is 3.96. The van der Waals surface area contributed by atoms with E-state index in [-0.39, 0.29) is 6.04 Å². The van der Waals surface area contributed by atoms with Crippen molar-refractivity contribution in [2.24, 2.45) is 0 Å². The summed E-state index contributed by atoms with van der Waals surface area (Å²) in [5, 5.41) is 9.92. The molecule has 4 aromatic rings. The molecule has 132 valence electrons. The molecule has 0 aromatic carbocycles. The standard InChI is InChI=1S/C17H16FN7O/c1-10(11-4-3-7-19-16(11)18)25-9-20-12-5-6-13(22-17(12)25)21-14-8-15(26-2)24-23-14/h3-10H,1-2H3,(H2,21,22,23,24)/t10-/m0/s1. The Balaban J connectivity index is 1.69. The highest BCUT2D eigenvalue weighted by Crippen LogP contribution is 2.25. The molecule has 0 aliphatic heterocycles. The number of ether oxygens (including phenoxy) is 1. The van der Waals surface area contributed by atoms with Crippen molar-refractivity contribution in [3.05, 3.63) is 54.4 Å². The van der Waals surface area contributed by atoms with Gasteiger partial charge in [-0.25, -0.2) is 20.1 Å². The lowest BCUT2D eigenvalue weighted by atomic mass is 10.1. The molecule has 4 rings (SSSR count). The molecule has 26 heavy (non-hydrogen) atoms. The van der Waals surface area contributed by atoms with E-state index in [0.29, 0.717) is 34.2 Å². The van der Waals surface area contributed by atoms with Gasteiger partial charge in [-0.1, -0.05) is 6.07 Å². The molecule has 0 radical (unpaired) electrons. The number of imidazole rings is 1. The van der Waals surface area contributed by atoms with E-state index < -0.39 is 5.95 Å². The molecule has 9 heteroatoms. The second-order valence-corrected chi connectivity index (χ2v) is 5.70. The Labute approximate surface area is 148 Å². The first-order valence-corrected chi connectivity index (χ1v) is 7.96. The molecule has 0 spiro atoms. The van der Waals surface area contributed by atoms with Crippen LogP contribution in [-0.2, 0) is 0 Å². The zero-order chi connectivity index (χ0) is 18.1.